The maximum Gasteiger partial charge on any atom is 0.0798 e. The van der Waals surface area contributed by atoms with Crippen LogP contribution >= 0.6 is 0 Å². The number of benzene rings is 5. The number of hydrogen-bond acceptors (Lipinski definition) is 3. The van der Waals surface area contributed by atoms with Crippen LogP contribution in [-0.2, 0) is 32.9 Å². The van der Waals surface area contributed by atoms with E-state index in [0.29, 0.717) is 11.8 Å². The summed E-state index contributed by atoms with van der Waals surface area (Å²) >= 11 is 0. The average Bonchev–Trinajstić information content (AvgIpc) is 3.72. The number of furan rings is 1. The van der Waals surface area contributed by atoms with E-state index in [4.69, 9.17) is 9.40 Å². The van der Waals surface area contributed by atoms with Crippen molar-refractivity contribution in [1.82, 2.24) is 14.5 Å². The first-order valence-electron chi connectivity index (χ1n) is 18.4. The fourth-order valence-electron chi connectivity index (χ4n) is 7.04. The van der Waals surface area contributed by atoms with Crippen molar-refractivity contribution < 1.29 is 24.5 Å². The smallest absolute Gasteiger partial charge is 0.0798 e. The molecule has 53 heavy (non-hydrogen) atoms. The van der Waals surface area contributed by atoms with Crippen molar-refractivity contribution in [1.29, 1.82) is 0 Å². The summed E-state index contributed by atoms with van der Waals surface area (Å²) in [6.07, 6.45) is 7.43. The van der Waals surface area contributed by atoms with Gasteiger partial charge in [0.15, 0.2) is 0 Å². The SMILES string of the molecule is CC(C)Cc1cc(-c2[c-]cccc2)ncc1[Si](C)(C)C.CC(C)Cc1ccc2c(-c3nc4ccccc4n3-c3ccc4ccccc4c3)[c-]oc2c1.[Ir]. The number of imidazole rings is 1. The summed E-state index contributed by atoms with van der Waals surface area (Å²) < 4.78 is 8.12. The van der Waals surface area contributed by atoms with E-state index in [1.807, 2.05) is 24.3 Å². The molecule has 3 heterocycles. The van der Waals surface area contributed by atoms with E-state index in [-0.39, 0.29) is 20.1 Å². The molecule has 6 heteroatoms. The second kappa shape index (κ2) is 16.2. The van der Waals surface area contributed by atoms with Crippen molar-refractivity contribution >= 4 is 46.0 Å². The standard InChI is InChI=1S/C29H23N2O.C18H24NSi.Ir/c1-19(2)15-20-11-14-24-25(18-32-28(24)16-20)29-30-26-9-5-6-10-27(26)31(29)23-13-12-21-7-3-4-8-22(21)17-23;1-14(2)11-16-12-17(15-9-7-6-8-10-15)19-13-18(16)20(3,4)5;/h3-14,16-17,19H,15H2,1-2H3;6-9,12-14H,11H2,1-5H3;/q2*-1;. The third kappa shape index (κ3) is 8.46. The zero-order chi connectivity index (χ0) is 36.4. The van der Waals surface area contributed by atoms with Crippen molar-refractivity contribution in [3.05, 3.63) is 145 Å². The number of hydrogen-bond donors (Lipinski definition) is 0. The van der Waals surface area contributed by atoms with Gasteiger partial charge in [0.25, 0.3) is 0 Å². The summed E-state index contributed by atoms with van der Waals surface area (Å²) in [7, 11) is -1.34. The van der Waals surface area contributed by atoms with E-state index < -0.39 is 8.07 Å². The number of pyridine rings is 1. The van der Waals surface area contributed by atoms with Gasteiger partial charge < -0.3 is 14.0 Å². The van der Waals surface area contributed by atoms with Gasteiger partial charge in [-0.05, 0) is 70.6 Å². The minimum Gasteiger partial charge on any atom is -0.557 e. The molecule has 0 atom stereocenters. The van der Waals surface area contributed by atoms with Gasteiger partial charge in [0, 0.05) is 43.8 Å². The summed E-state index contributed by atoms with van der Waals surface area (Å²) in [6, 6.07) is 43.3. The number of fused-ring (bicyclic) bond motifs is 3. The van der Waals surface area contributed by atoms with Crippen LogP contribution < -0.4 is 5.19 Å². The van der Waals surface area contributed by atoms with E-state index in [2.05, 4.69) is 166 Å². The first kappa shape index (κ1) is 38.1. The van der Waals surface area contributed by atoms with Crippen LogP contribution in [0.3, 0.4) is 0 Å². The molecule has 4 nitrogen and oxygen atoms in total. The molecule has 271 valence electrons. The number of para-hydroxylation sites is 2. The summed E-state index contributed by atoms with van der Waals surface area (Å²) in [5, 5.41) is 4.95. The maximum atomic E-state index is 5.90. The molecule has 3 aromatic heterocycles. The summed E-state index contributed by atoms with van der Waals surface area (Å²) in [6.45, 7) is 16.2. The molecule has 0 aliphatic carbocycles. The zero-order valence-electron chi connectivity index (χ0n) is 31.7. The van der Waals surface area contributed by atoms with Gasteiger partial charge in [-0.1, -0.05) is 130 Å². The van der Waals surface area contributed by atoms with Crippen molar-refractivity contribution in [2.75, 3.05) is 0 Å². The van der Waals surface area contributed by atoms with Crippen LogP contribution in [0.1, 0.15) is 38.8 Å². The Morgan fingerprint density at radius 1 is 0.755 bits per heavy atom. The molecule has 0 fully saturated rings. The third-order valence-electron chi connectivity index (χ3n) is 9.41. The van der Waals surface area contributed by atoms with Gasteiger partial charge in [0.1, 0.15) is 0 Å². The van der Waals surface area contributed by atoms with Crippen LogP contribution in [-0.4, -0.2) is 22.6 Å². The van der Waals surface area contributed by atoms with Gasteiger partial charge in [-0.3, -0.25) is 4.98 Å². The molecule has 0 amide bonds. The topological polar surface area (TPSA) is 43.9 Å². The molecule has 1 radical (unpaired) electrons. The fraction of sp³-hybridized carbons (Fsp3) is 0.234. The van der Waals surface area contributed by atoms with E-state index in [0.717, 1.165) is 63.2 Å². The predicted octanol–water partition coefficient (Wildman–Crippen LogP) is 11.9. The Balaban J connectivity index is 0.000000199. The van der Waals surface area contributed by atoms with Crippen molar-refractivity contribution in [3.63, 3.8) is 0 Å². The molecule has 5 aromatic carbocycles. The van der Waals surface area contributed by atoms with Crippen LogP contribution in [0.2, 0.25) is 19.6 Å². The quantitative estimate of drug-likeness (QED) is 0.113. The van der Waals surface area contributed by atoms with E-state index in [1.54, 1.807) is 0 Å². The van der Waals surface area contributed by atoms with Gasteiger partial charge in [0.2, 0.25) is 0 Å². The molecule has 0 spiro atoms. The van der Waals surface area contributed by atoms with Crippen molar-refractivity contribution in [2.24, 2.45) is 11.8 Å². The minimum atomic E-state index is -1.34. The van der Waals surface area contributed by atoms with Crippen LogP contribution in [0.25, 0.3) is 61.1 Å². The Labute approximate surface area is 328 Å². The number of rotatable bonds is 8. The molecule has 8 aromatic rings. The van der Waals surface area contributed by atoms with Crippen LogP contribution in [0.5, 0.6) is 0 Å². The molecular weight excluding hydrogens is 843 g/mol. The number of aromatic nitrogens is 3. The number of nitrogens with zero attached hydrogens (tertiary/aromatic N) is 3. The Morgan fingerprint density at radius 3 is 2.23 bits per heavy atom. The summed E-state index contributed by atoms with van der Waals surface area (Å²) in [5.41, 5.74) is 9.73. The Hall–Kier alpha value is -4.61. The average molecular weight is 890 g/mol. The molecule has 0 bridgehead atoms. The van der Waals surface area contributed by atoms with Gasteiger partial charge in [-0.2, -0.15) is 0 Å². The van der Waals surface area contributed by atoms with E-state index in [9.17, 15) is 0 Å². The monoisotopic (exact) mass is 890 g/mol. The van der Waals surface area contributed by atoms with E-state index in [1.165, 1.54) is 27.1 Å². The molecule has 0 aliphatic heterocycles. The Kier molecular flexibility index (Phi) is 11.6. The predicted molar refractivity (Wildman–Crippen MR) is 221 cm³/mol. The molecule has 0 saturated heterocycles. The third-order valence-corrected chi connectivity index (χ3v) is 11.5. The minimum absolute atomic E-state index is 0. The molecule has 0 aliphatic rings. The van der Waals surface area contributed by atoms with Crippen LogP contribution in [0.15, 0.2) is 126 Å². The van der Waals surface area contributed by atoms with Crippen LogP contribution in [0.4, 0.5) is 0 Å². The molecule has 0 saturated carbocycles. The summed E-state index contributed by atoms with van der Waals surface area (Å²) in [5.74, 6) is 2.11. The Bertz CT molecular complexity index is 2470. The van der Waals surface area contributed by atoms with E-state index >= 15 is 0 Å². The van der Waals surface area contributed by atoms with Gasteiger partial charge in [-0.15, -0.1) is 42.0 Å². The maximum absolute atomic E-state index is 5.90. The first-order valence-corrected chi connectivity index (χ1v) is 21.9. The zero-order valence-corrected chi connectivity index (χ0v) is 35.1. The second-order valence-corrected chi connectivity index (χ2v) is 20.7. The van der Waals surface area contributed by atoms with Gasteiger partial charge >= 0.3 is 0 Å². The van der Waals surface area contributed by atoms with Crippen molar-refractivity contribution in [3.8, 4) is 28.3 Å². The largest absolute Gasteiger partial charge is 0.557 e. The molecule has 8 rings (SSSR count). The summed E-state index contributed by atoms with van der Waals surface area (Å²) in [4.78, 5) is 9.69. The fourth-order valence-corrected chi connectivity index (χ4v) is 8.62. The first-order chi connectivity index (χ1) is 25.0. The molecule has 0 N–H and O–H groups in total. The van der Waals surface area contributed by atoms with Crippen molar-refractivity contribution in [2.45, 2.75) is 60.2 Å². The van der Waals surface area contributed by atoms with Gasteiger partial charge in [-0.25, -0.2) is 0 Å². The van der Waals surface area contributed by atoms with Crippen LogP contribution in [0, 0.1) is 24.2 Å². The Morgan fingerprint density at radius 2 is 1.49 bits per heavy atom. The molecule has 0 unspecified atom stereocenters. The van der Waals surface area contributed by atoms with Gasteiger partial charge in [0.05, 0.1) is 24.9 Å². The normalized spacial score (nSPS) is 11.6. The molecular formula is C47H47IrN3OSi-2. The second-order valence-electron chi connectivity index (χ2n) is 15.6.